The average molecular weight is 434 g/mol. The number of hydrogen-bond acceptors (Lipinski definition) is 4. The highest BCUT2D eigenvalue weighted by molar-refractivity contribution is 6.34. The molecule has 30 heavy (non-hydrogen) atoms. The molecule has 0 radical (unpaired) electrons. The van der Waals surface area contributed by atoms with Crippen LogP contribution in [-0.4, -0.2) is 40.3 Å². The number of nitrogens with zero attached hydrogens (tertiary/aromatic N) is 2. The van der Waals surface area contributed by atoms with Crippen molar-refractivity contribution >= 4 is 35.0 Å². The Labute approximate surface area is 177 Å². The number of aromatic amines is 1. The van der Waals surface area contributed by atoms with E-state index >= 15 is 0 Å². The lowest BCUT2D eigenvalue weighted by atomic mass is 9.71. The summed E-state index contributed by atoms with van der Waals surface area (Å²) >= 11 is 6.14. The molecule has 1 spiro atoms. The molecule has 4 rings (SSSR count). The van der Waals surface area contributed by atoms with Crippen molar-refractivity contribution in [2.45, 2.75) is 38.1 Å². The van der Waals surface area contributed by atoms with Gasteiger partial charge in [-0.15, -0.1) is 0 Å². The fraction of sp³-hybridized carbons (Fsp3) is 0.400. The maximum Gasteiger partial charge on any atom is 0.272 e. The Morgan fingerprint density at radius 3 is 2.70 bits per heavy atom. The molecular weight excluding hydrogens is 413 g/mol. The molecule has 158 valence electrons. The number of aromatic nitrogens is 2. The van der Waals surface area contributed by atoms with E-state index in [1.807, 2.05) is 0 Å². The second kappa shape index (κ2) is 7.71. The maximum atomic E-state index is 13.3. The van der Waals surface area contributed by atoms with E-state index in [0.717, 1.165) is 0 Å². The van der Waals surface area contributed by atoms with Crippen molar-refractivity contribution in [3.05, 3.63) is 46.8 Å². The van der Waals surface area contributed by atoms with Gasteiger partial charge in [-0.2, -0.15) is 0 Å². The molecule has 0 unspecified atom stereocenters. The molecule has 10 heteroatoms. The van der Waals surface area contributed by atoms with Crippen LogP contribution in [0.1, 0.15) is 53.1 Å². The van der Waals surface area contributed by atoms with Gasteiger partial charge in [-0.3, -0.25) is 14.4 Å². The highest BCUT2D eigenvalue weighted by atomic mass is 35.5. The number of rotatable bonds is 4. The minimum absolute atomic E-state index is 0.0101. The van der Waals surface area contributed by atoms with Crippen LogP contribution in [0.3, 0.4) is 0 Å². The number of nitrogens with two attached hydrogens (primary N) is 1. The van der Waals surface area contributed by atoms with Crippen LogP contribution >= 0.6 is 11.6 Å². The summed E-state index contributed by atoms with van der Waals surface area (Å²) in [5, 5.41) is 3.09. The highest BCUT2D eigenvalue weighted by Gasteiger charge is 2.49. The number of carbonyl (C=O) groups excluding carboxylic acids is 3. The second-order valence-electron chi connectivity index (χ2n) is 7.82. The number of nitrogens with one attached hydrogen (secondary N) is 2. The van der Waals surface area contributed by atoms with E-state index in [-0.39, 0.29) is 28.4 Å². The predicted octanol–water partition coefficient (Wildman–Crippen LogP) is 2.40. The molecule has 0 atom stereocenters. The van der Waals surface area contributed by atoms with Gasteiger partial charge in [0.25, 0.3) is 11.8 Å². The molecule has 1 aliphatic carbocycles. The molecule has 1 aliphatic heterocycles. The Morgan fingerprint density at radius 2 is 2.03 bits per heavy atom. The van der Waals surface area contributed by atoms with Crippen molar-refractivity contribution in [3.8, 4) is 0 Å². The Hall–Kier alpha value is -2.94. The Balaban J connectivity index is 1.40. The van der Waals surface area contributed by atoms with Crippen LogP contribution < -0.4 is 16.0 Å². The van der Waals surface area contributed by atoms with Crippen molar-refractivity contribution in [2.75, 3.05) is 11.4 Å². The van der Waals surface area contributed by atoms with E-state index in [1.165, 1.54) is 24.5 Å². The summed E-state index contributed by atoms with van der Waals surface area (Å²) in [5.41, 5.74) is 5.21. The lowest BCUT2D eigenvalue weighted by Gasteiger charge is -2.36. The van der Waals surface area contributed by atoms with Gasteiger partial charge in [0.05, 0.1) is 22.5 Å². The van der Waals surface area contributed by atoms with Crippen LogP contribution in [0.5, 0.6) is 0 Å². The Kier molecular flexibility index (Phi) is 5.23. The first kappa shape index (κ1) is 20.3. The van der Waals surface area contributed by atoms with Gasteiger partial charge in [0.2, 0.25) is 5.91 Å². The molecule has 8 nitrogen and oxygen atoms in total. The third-order valence-corrected chi connectivity index (χ3v) is 6.39. The van der Waals surface area contributed by atoms with E-state index in [2.05, 4.69) is 15.3 Å². The number of hydrogen-bond donors (Lipinski definition) is 3. The number of anilines is 1. The van der Waals surface area contributed by atoms with Gasteiger partial charge in [0, 0.05) is 12.6 Å². The van der Waals surface area contributed by atoms with Crippen molar-refractivity contribution in [3.63, 3.8) is 0 Å². The van der Waals surface area contributed by atoms with Crippen LogP contribution in [0.4, 0.5) is 10.1 Å². The first-order valence-corrected chi connectivity index (χ1v) is 10.1. The molecule has 4 N–H and O–H groups in total. The summed E-state index contributed by atoms with van der Waals surface area (Å²) in [6.45, 7) is 0.524. The third-order valence-electron chi connectivity index (χ3n) is 6.09. The lowest BCUT2D eigenvalue weighted by molar-refractivity contribution is -0.127. The number of halogens is 2. The topological polar surface area (TPSA) is 121 Å². The Morgan fingerprint density at radius 1 is 1.30 bits per heavy atom. The summed E-state index contributed by atoms with van der Waals surface area (Å²) in [7, 11) is 0. The second-order valence-corrected chi connectivity index (χ2v) is 8.23. The van der Waals surface area contributed by atoms with Crippen LogP contribution in [0.15, 0.2) is 24.5 Å². The van der Waals surface area contributed by atoms with Crippen molar-refractivity contribution < 1.29 is 18.8 Å². The third kappa shape index (κ3) is 3.54. The van der Waals surface area contributed by atoms with Gasteiger partial charge in [0.1, 0.15) is 11.5 Å². The van der Waals surface area contributed by atoms with Gasteiger partial charge in [-0.25, -0.2) is 9.37 Å². The summed E-state index contributed by atoms with van der Waals surface area (Å²) in [6.07, 6.45) is 4.42. The summed E-state index contributed by atoms with van der Waals surface area (Å²) in [5.74, 6) is -1.68. The van der Waals surface area contributed by atoms with Crippen molar-refractivity contribution in [1.82, 2.24) is 15.3 Å². The molecule has 1 saturated carbocycles. The fourth-order valence-electron chi connectivity index (χ4n) is 4.44. The molecule has 2 fully saturated rings. The molecule has 1 aromatic heterocycles. The van der Waals surface area contributed by atoms with E-state index in [0.29, 0.717) is 44.3 Å². The molecule has 1 saturated heterocycles. The molecule has 1 aromatic carbocycles. The Bertz CT molecular complexity index is 1020. The van der Waals surface area contributed by atoms with Crippen LogP contribution in [0, 0.1) is 11.2 Å². The zero-order valence-corrected chi connectivity index (χ0v) is 16.8. The van der Waals surface area contributed by atoms with E-state index < -0.39 is 23.0 Å². The normalized spacial score (nSPS) is 23.7. The molecule has 3 amide bonds. The maximum absolute atomic E-state index is 13.3. The van der Waals surface area contributed by atoms with Gasteiger partial charge >= 0.3 is 0 Å². The van der Waals surface area contributed by atoms with Gasteiger partial charge in [-0.1, -0.05) is 11.6 Å². The smallest absolute Gasteiger partial charge is 0.272 e. The van der Waals surface area contributed by atoms with Crippen LogP contribution in [0.2, 0.25) is 5.02 Å². The van der Waals surface area contributed by atoms with Gasteiger partial charge < -0.3 is 20.9 Å². The number of benzene rings is 1. The molecule has 2 aliphatic rings. The lowest BCUT2D eigenvalue weighted by Crippen LogP contribution is -2.44. The minimum Gasteiger partial charge on any atom is -0.364 e. The quantitative estimate of drug-likeness (QED) is 0.685. The number of imidazole rings is 1. The summed E-state index contributed by atoms with van der Waals surface area (Å²) in [6, 6.07) is 3.90. The molecule has 2 aromatic rings. The number of carbonyl (C=O) groups is 3. The van der Waals surface area contributed by atoms with Crippen LogP contribution in [0.25, 0.3) is 0 Å². The van der Waals surface area contributed by atoms with Gasteiger partial charge in [-0.05, 0) is 50.3 Å². The number of H-pyrrole nitrogens is 1. The average Bonchev–Trinajstić information content (AvgIpc) is 3.31. The largest absolute Gasteiger partial charge is 0.364 e. The van der Waals surface area contributed by atoms with E-state index in [4.69, 9.17) is 17.3 Å². The van der Waals surface area contributed by atoms with E-state index in [9.17, 15) is 18.8 Å². The zero-order chi connectivity index (χ0) is 21.5. The standard InChI is InChI=1S/C20H21ClFN5O3/c21-13-9-11(22)1-2-14(13)27-8-7-20(19(27)30)5-3-12(4-6-20)26-18(29)16-15(17(23)28)24-10-25-16/h1-2,9-10,12H,3-8H2,(H2,23,28)(H,24,25)(H,26,29)/t12-,20-. The molecular formula is C20H21ClFN5O3. The molecule has 2 heterocycles. The number of amides is 3. The fourth-order valence-corrected chi connectivity index (χ4v) is 4.71. The van der Waals surface area contributed by atoms with Crippen molar-refractivity contribution in [1.29, 1.82) is 0 Å². The first-order chi connectivity index (χ1) is 14.3. The first-order valence-electron chi connectivity index (χ1n) is 9.72. The zero-order valence-electron chi connectivity index (χ0n) is 16.1. The highest BCUT2D eigenvalue weighted by Crippen LogP contribution is 2.47. The van der Waals surface area contributed by atoms with Crippen molar-refractivity contribution in [2.24, 2.45) is 11.1 Å². The minimum atomic E-state index is -0.753. The number of primary amides is 1. The predicted molar refractivity (Wildman–Crippen MR) is 108 cm³/mol. The monoisotopic (exact) mass is 433 g/mol. The summed E-state index contributed by atoms with van der Waals surface area (Å²) < 4.78 is 13.3. The molecule has 0 bridgehead atoms. The van der Waals surface area contributed by atoms with Gasteiger partial charge in [0.15, 0.2) is 5.69 Å². The van der Waals surface area contributed by atoms with E-state index in [1.54, 1.807) is 4.90 Å². The van der Waals surface area contributed by atoms with Crippen LogP contribution in [-0.2, 0) is 4.79 Å². The SMILES string of the molecule is NC(=O)c1[nH]cnc1C(=O)N[C@H]1CC[C@@]2(CCN(c3ccc(F)cc3Cl)C2=O)CC1. The summed E-state index contributed by atoms with van der Waals surface area (Å²) in [4.78, 5) is 45.1.